The molecule has 0 radical (unpaired) electrons. The van der Waals surface area contributed by atoms with Gasteiger partial charge in [-0.2, -0.15) is 11.8 Å². The Morgan fingerprint density at radius 2 is 1.14 bits per heavy atom. The Labute approximate surface area is 129 Å². The number of carbonyl (C=O) groups is 1. The smallest absolute Gasteiger partial charge is 0.186 e. The highest BCUT2D eigenvalue weighted by Gasteiger charge is 2.20. The van der Waals surface area contributed by atoms with Crippen LogP contribution < -0.4 is 0 Å². The van der Waals surface area contributed by atoms with E-state index in [-0.39, 0.29) is 5.78 Å². The van der Waals surface area contributed by atoms with Gasteiger partial charge in [-0.25, -0.2) is 0 Å². The highest BCUT2D eigenvalue weighted by molar-refractivity contribution is 7.99. The van der Waals surface area contributed by atoms with E-state index in [0.29, 0.717) is 0 Å². The van der Waals surface area contributed by atoms with Gasteiger partial charge in [-0.3, -0.25) is 4.79 Å². The average molecular weight is 292 g/mol. The summed E-state index contributed by atoms with van der Waals surface area (Å²) in [5.41, 5.74) is 3.95. The highest BCUT2D eigenvalue weighted by atomic mass is 32.2. The van der Waals surface area contributed by atoms with Gasteiger partial charge in [0.05, 0.1) is 0 Å². The Morgan fingerprint density at radius 3 is 1.57 bits per heavy atom. The first kappa shape index (κ1) is 13.9. The van der Waals surface area contributed by atoms with Crippen LogP contribution in [0.15, 0.2) is 71.8 Å². The average Bonchev–Trinajstić information content (AvgIpc) is 2.53. The predicted molar refractivity (Wildman–Crippen MR) is 91.2 cm³/mol. The summed E-state index contributed by atoms with van der Waals surface area (Å²) in [6.07, 6.45) is 4.01. The second-order valence-electron chi connectivity index (χ2n) is 4.98. The van der Waals surface area contributed by atoms with E-state index in [1.165, 1.54) is 0 Å². The summed E-state index contributed by atoms with van der Waals surface area (Å²) in [5.74, 6) is 1.76. The summed E-state index contributed by atoms with van der Waals surface area (Å²) in [4.78, 5) is 12.6. The molecule has 1 aliphatic rings. The molecule has 0 atom stereocenters. The lowest BCUT2D eigenvalue weighted by molar-refractivity contribution is -0.112. The topological polar surface area (TPSA) is 17.1 Å². The monoisotopic (exact) mass is 292 g/mol. The zero-order valence-corrected chi connectivity index (χ0v) is 12.5. The Hall–Kier alpha value is -2.06. The van der Waals surface area contributed by atoms with Crippen molar-refractivity contribution in [2.45, 2.75) is 0 Å². The third-order valence-corrected chi connectivity index (χ3v) is 4.41. The molecule has 104 valence electrons. The van der Waals surface area contributed by atoms with E-state index >= 15 is 0 Å². The van der Waals surface area contributed by atoms with Crippen LogP contribution in [0.4, 0.5) is 0 Å². The lowest BCUT2D eigenvalue weighted by Gasteiger charge is -2.16. The Morgan fingerprint density at radius 1 is 0.714 bits per heavy atom. The number of carbonyl (C=O) groups excluding carboxylic acids is 1. The molecule has 0 unspecified atom stereocenters. The van der Waals surface area contributed by atoms with Gasteiger partial charge >= 0.3 is 0 Å². The van der Waals surface area contributed by atoms with Crippen molar-refractivity contribution < 1.29 is 4.79 Å². The number of rotatable bonds is 2. The molecule has 0 N–H and O–H groups in total. The zero-order valence-electron chi connectivity index (χ0n) is 11.7. The molecule has 1 aliphatic heterocycles. The fraction of sp³-hybridized carbons (Fsp3) is 0.105. The van der Waals surface area contributed by atoms with Crippen LogP contribution in [0, 0.1) is 0 Å². The number of benzene rings is 2. The van der Waals surface area contributed by atoms with Crippen LogP contribution in [0.2, 0.25) is 0 Å². The van der Waals surface area contributed by atoms with Gasteiger partial charge in [-0.15, -0.1) is 0 Å². The summed E-state index contributed by atoms with van der Waals surface area (Å²) < 4.78 is 0. The standard InChI is InChI=1S/C19H16OS/c20-19-17(11-15-7-3-1-4-8-15)13-21-14-18(19)12-16-9-5-2-6-10-16/h1-12H,13-14H2. The zero-order chi connectivity index (χ0) is 14.5. The molecule has 1 saturated heterocycles. The van der Waals surface area contributed by atoms with Crippen molar-refractivity contribution in [1.29, 1.82) is 0 Å². The number of Topliss-reactive ketones (excluding diaryl/α,β-unsaturated/α-hetero) is 1. The molecule has 2 heteroatoms. The highest BCUT2D eigenvalue weighted by Crippen LogP contribution is 2.26. The molecule has 3 rings (SSSR count). The van der Waals surface area contributed by atoms with Crippen LogP contribution in [0.1, 0.15) is 11.1 Å². The molecule has 1 fully saturated rings. The van der Waals surface area contributed by atoms with E-state index in [1.54, 1.807) is 11.8 Å². The molecule has 0 amide bonds. The summed E-state index contributed by atoms with van der Waals surface area (Å²) in [7, 11) is 0. The normalized spacial score (nSPS) is 19.1. The summed E-state index contributed by atoms with van der Waals surface area (Å²) >= 11 is 1.80. The first-order valence-corrected chi connectivity index (χ1v) is 8.12. The molecule has 1 heterocycles. The molecular weight excluding hydrogens is 276 g/mol. The maximum Gasteiger partial charge on any atom is 0.186 e. The molecule has 2 aromatic carbocycles. The lowest BCUT2D eigenvalue weighted by atomic mass is 10.0. The van der Waals surface area contributed by atoms with Gasteiger partial charge < -0.3 is 0 Å². The Bertz CT molecular complexity index is 625. The number of thioether (sulfide) groups is 1. The molecule has 0 bridgehead atoms. The number of hydrogen-bond donors (Lipinski definition) is 0. The van der Waals surface area contributed by atoms with Crippen molar-refractivity contribution in [3.63, 3.8) is 0 Å². The van der Waals surface area contributed by atoms with Gasteiger partial charge in [-0.05, 0) is 23.3 Å². The number of hydrogen-bond acceptors (Lipinski definition) is 2. The summed E-state index contributed by atoms with van der Waals surface area (Å²) in [6, 6.07) is 20.1. The second kappa shape index (κ2) is 6.59. The number of ketones is 1. The van der Waals surface area contributed by atoms with E-state index in [9.17, 15) is 4.79 Å². The lowest BCUT2D eigenvalue weighted by Crippen LogP contribution is -2.16. The maximum absolute atomic E-state index is 12.6. The molecule has 0 aromatic heterocycles. The third-order valence-electron chi connectivity index (χ3n) is 3.38. The predicted octanol–water partition coefficient (Wildman–Crippen LogP) is 4.47. The minimum Gasteiger partial charge on any atom is -0.289 e. The molecule has 0 spiro atoms. The second-order valence-corrected chi connectivity index (χ2v) is 5.97. The molecular formula is C19H16OS. The minimum atomic E-state index is 0.182. The van der Waals surface area contributed by atoms with Crippen LogP contribution in [-0.2, 0) is 4.79 Å². The van der Waals surface area contributed by atoms with Gasteiger partial charge in [-0.1, -0.05) is 60.7 Å². The summed E-state index contributed by atoms with van der Waals surface area (Å²) in [5, 5.41) is 0. The first-order valence-electron chi connectivity index (χ1n) is 6.96. The van der Waals surface area contributed by atoms with Crippen LogP contribution >= 0.6 is 11.8 Å². The molecule has 0 aliphatic carbocycles. The van der Waals surface area contributed by atoms with Crippen LogP contribution in [0.25, 0.3) is 12.2 Å². The van der Waals surface area contributed by atoms with Crippen molar-refractivity contribution in [3.05, 3.63) is 82.9 Å². The Kier molecular flexibility index (Phi) is 4.37. The first-order chi connectivity index (χ1) is 10.3. The van der Waals surface area contributed by atoms with Crippen LogP contribution in [0.3, 0.4) is 0 Å². The third kappa shape index (κ3) is 3.53. The van der Waals surface area contributed by atoms with Crippen molar-refractivity contribution in [3.8, 4) is 0 Å². The van der Waals surface area contributed by atoms with E-state index in [1.807, 2.05) is 72.8 Å². The van der Waals surface area contributed by atoms with E-state index in [2.05, 4.69) is 0 Å². The molecule has 2 aromatic rings. The Balaban J connectivity index is 1.88. The quantitative estimate of drug-likeness (QED) is 0.760. The van der Waals surface area contributed by atoms with Gasteiger partial charge in [0.25, 0.3) is 0 Å². The fourth-order valence-electron chi connectivity index (χ4n) is 2.32. The van der Waals surface area contributed by atoms with Crippen molar-refractivity contribution in [2.24, 2.45) is 0 Å². The van der Waals surface area contributed by atoms with Crippen molar-refractivity contribution >= 4 is 29.7 Å². The van der Waals surface area contributed by atoms with Gasteiger partial charge in [0.2, 0.25) is 0 Å². The fourth-order valence-corrected chi connectivity index (χ4v) is 3.29. The van der Waals surface area contributed by atoms with Gasteiger partial charge in [0.15, 0.2) is 5.78 Å². The van der Waals surface area contributed by atoms with E-state index < -0.39 is 0 Å². The minimum absolute atomic E-state index is 0.182. The maximum atomic E-state index is 12.6. The van der Waals surface area contributed by atoms with Crippen LogP contribution in [-0.4, -0.2) is 17.3 Å². The largest absolute Gasteiger partial charge is 0.289 e. The van der Waals surface area contributed by atoms with Gasteiger partial charge in [0, 0.05) is 22.7 Å². The molecule has 1 nitrogen and oxygen atoms in total. The van der Waals surface area contributed by atoms with Gasteiger partial charge in [0.1, 0.15) is 0 Å². The molecule has 0 saturated carbocycles. The van der Waals surface area contributed by atoms with Crippen molar-refractivity contribution in [2.75, 3.05) is 11.5 Å². The SMILES string of the molecule is O=C1C(=Cc2ccccc2)CSCC1=Cc1ccccc1. The van der Waals surface area contributed by atoms with Crippen LogP contribution in [0.5, 0.6) is 0 Å². The van der Waals surface area contributed by atoms with Crippen molar-refractivity contribution in [1.82, 2.24) is 0 Å². The summed E-state index contributed by atoms with van der Waals surface area (Å²) in [6.45, 7) is 0. The molecule has 21 heavy (non-hydrogen) atoms. The van der Waals surface area contributed by atoms with E-state index in [0.717, 1.165) is 33.8 Å². The van der Waals surface area contributed by atoms with E-state index in [4.69, 9.17) is 0 Å².